The summed E-state index contributed by atoms with van der Waals surface area (Å²) in [6.07, 6.45) is 7.69. The zero-order valence-corrected chi connectivity index (χ0v) is 15.6. The Kier molecular flexibility index (Phi) is 4.76. The molecule has 0 saturated heterocycles. The molecular formula is C22H29NO3. The van der Waals surface area contributed by atoms with E-state index in [4.69, 9.17) is 4.74 Å². The second-order valence-electron chi connectivity index (χ2n) is 8.92. The van der Waals surface area contributed by atoms with E-state index in [0.29, 0.717) is 6.42 Å². The van der Waals surface area contributed by atoms with Gasteiger partial charge >= 0.3 is 5.97 Å². The summed E-state index contributed by atoms with van der Waals surface area (Å²) in [6, 6.07) is 9.92. The van der Waals surface area contributed by atoms with Crippen molar-refractivity contribution in [1.82, 2.24) is 5.32 Å². The fourth-order valence-electron chi connectivity index (χ4n) is 5.95. The third kappa shape index (κ3) is 3.79. The fraction of sp³-hybridized carbons (Fsp3) is 0.636. The molecule has 140 valence electrons. The molecule has 1 aromatic rings. The monoisotopic (exact) mass is 355 g/mol. The molecule has 4 aliphatic carbocycles. The molecule has 0 aromatic heterocycles. The van der Waals surface area contributed by atoms with Crippen LogP contribution in [0.3, 0.4) is 0 Å². The van der Waals surface area contributed by atoms with Gasteiger partial charge in [0.15, 0.2) is 6.61 Å². The largest absolute Gasteiger partial charge is 0.456 e. The van der Waals surface area contributed by atoms with Gasteiger partial charge in [0.05, 0.1) is 6.42 Å². The normalized spacial score (nSPS) is 32.9. The lowest BCUT2D eigenvalue weighted by molar-refractivity contribution is -0.150. The first-order chi connectivity index (χ1) is 12.5. The van der Waals surface area contributed by atoms with Crippen LogP contribution in [0.25, 0.3) is 0 Å². The molecule has 0 heterocycles. The summed E-state index contributed by atoms with van der Waals surface area (Å²) in [5.74, 6) is 2.02. The summed E-state index contributed by atoms with van der Waals surface area (Å²) in [5, 5.41) is 3.25. The highest BCUT2D eigenvalue weighted by Crippen LogP contribution is 2.55. The molecular weight excluding hydrogens is 326 g/mol. The van der Waals surface area contributed by atoms with E-state index in [2.05, 4.69) is 5.32 Å². The van der Waals surface area contributed by atoms with E-state index in [1.807, 2.05) is 37.3 Å². The van der Waals surface area contributed by atoms with Gasteiger partial charge in [0.2, 0.25) is 0 Å². The number of hydrogen-bond acceptors (Lipinski definition) is 3. The molecule has 0 radical (unpaired) electrons. The van der Waals surface area contributed by atoms with Gasteiger partial charge in [-0.2, -0.15) is 0 Å². The molecule has 4 bridgehead atoms. The number of carbonyl (C=O) groups excluding carboxylic acids is 2. The van der Waals surface area contributed by atoms with Crippen molar-refractivity contribution < 1.29 is 14.3 Å². The van der Waals surface area contributed by atoms with Gasteiger partial charge in [0.25, 0.3) is 5.91 Å². The van der Waals surface area contributed by atoms with Crippen molar-refractivity contribution in [3.8, 4) is 0 Å². The summed E-state index contributed by atoms with van der Waals surface area (Å²) in [5.41, 5.74) is 1.10. The van der Waals surface area contributed by atoms with Crippen molar-refractivity contribution in [2.45, 2.75) is 63.3 Å². The van der Waals surface area contributed by atoms with Crippen LogP contribution in [0.5, 0.6) is 0 Å². The highest BCUT2D eigenvalue weighted by Gasteiger charge is 2.51. The average Bonchev–Trinajstić information content (AvgIpc) is 2.59. The fourth-order valence-corrected chi connectivity index (χ4v) is 5.95. The molecule has 1 amide bonds. The van der Waals surface area contributed by atoms with E-state index in [-0.39, 0.29) is 29.9 Å². The van der Waals surface area contributed by atoms with Crippen LogP contribution in [0.2, 0.25) is 0 Å². The Labute approximate surface area is 155 Å². The number of rotatable bonds is 6. The van der Waals surface area contributed by atoms with Crippen molar-refractivity contribution in [3.63, 3.8) is 0 Å². The quantitative estimate of drug-likeness (QED) is 0.790. The van der Waals surface area contributed by atoms with Gasteiger partial charge in [-0.05, 0) is 67.8 Å². The number of amides is 1. The van der Waals surface area contributed by atoms with Crippen LogP contribution in [0.4, 0.5) is 0 Å². The van der Waals surface area contributed by atoms with Crippen molar-refractivity contribution in [2.24, 2.45) is 17.8 Å². The second-order valence-corrected chi connectivity index (χ2v) is 8.92. The summed E-state index contributed by atoms with van der Waals surface area (Å²) in [4.78, 5) is 24.5. The van der Waals surface area contributed by atoms with E-state index in [9.17, 15) is 9.59 Å². The zero-order valence-electron chi connectivity index (χ0n) is 15.6. The maximum atomic E-state index is 12.4. The van der Waals surface area contributed by atoms with Crippen LogP contribution in [0.15, 0.2) is 30.3 Å². The summed E-state index contributed by atoms with van der Waals surface area (Å²) in [7, 11) is 0. The Morgan fingerprint density at radius 3 is 2.23 bits per heavy atom. The Bertz CT molecular complexity index is 634. The van der Waals surface area contributed by atoms with Gasteiger partial charge in [-0.3, -0.25) is 9.59 Å². The Morgan fingerprint density at radius 1 is 1.08 bits per heavy atom. The van der Waals surface area contributed by atoms with E-state index < -0.39 is 0 Å². The number of hydrogen-bond donors (Lipinski definition) is 1. The molecule has 4 heteroatoms. The molecule has 1 N–H and O–H groups in total. The topological polar surface area (TPSA) is 55.4 Å². The molecule has 4 fully saturated rings. The van der Waals surface area contributed by atoms with Crippen molar-refractivity contribution >= 4 is 11.9 Å². The van der Waals surface area contributed by atoms with Crippen molar-refractivity contribution in [2.75, 3.05) is 6.61 Å². The third-order valence-electron chi connectivity index (χ3n) is 6.65. The smallest absolute Gasteiger partial charge is 0.306 e. The molecule has 0 unspecified atom stereocenters. The first kappa shape index (κ1) is 17.6. The molecule has 0 spiro atoms. The highest BCUT2D eigenvalue weighted by atomic mass is 16.5. The lowest BCUT2D eigenvalue weighted by Gasteiger charge is -2.56. The van der Waals surface area contributed by atoms with Crippen molar-refractivity contribution in [1.29, 1.82) is 0 Å². The van der Waals surface area contributed by atoms with Crippen LogP contribution in [0.1, 0.15) is 63.4 Å². The summed E-state index contributed by atoms with van der Waals surface area (Å²) < 4.78 is 5.26. The molecule has 0 aliphatic heterocycles. The number of benzene rings is 1. The molecule has 4 nitrogen and oxygen atoms in total. The predicted octanol–water partition coefficient (Wildman–Crippen LogP) is 3.81. The molecule has 4 aliphatic rings. The van der Waals surface area contributed by atoms with Gasteiger partial charge in [-0.15, -0.1) is 0 Å². The number of carbonyl (C=O) groups is 2. The van der Waals surface area contributed by atoms with Crippen LogP contribution in [-0.4, -0.2) is 24.0 Å². The minimum absolute atomic E-state index is 0.0183. The predicted molar refractivity (Wildman–Crippen MR) is 99.5 cm³/mol. The average molecular weight is 355 g/mol. The molecule has 1 aromatic carbocycles. The lowest BCUT2D eigenvalue weighted by atomic mass is 9.53. The zero-order chi connectivity index (χ0) is 18.1. The first-order valence-electron chi connectivity index (χ1n) is 10.0. The number of esters is 1. The van der Waals surface area contributed by atoms with Crippen LogP contribution >= 0.6 is 0 Å². The maximum Gasteiger partial charge on any atom is 0.306 e. The summed E-state index contributed by atoms with van der Waals surface area (Å²) >= 11 is 0. The maximum absolute atomic E-state index is 12.4. The highest BCUT2D eigenvalue weighted by molar-refractivity contribution is 5.81. The Morgan fingerprint density at radius 2 is 1.65 bits per heavy atom. The van der Waals surface area contributed by atoms with Crippen molar-refractivity contribution in [3.05, 3.63) is 35.9 Å². The standard InChI is InChI=1S/C22H29NO3/c1-15(19-5-3-2-4-6-19)7-21(25)26-14-20(24)23-22-11-16-8-17(12-22)10-18(9-16)13-22/h2-6,15-18H,7-14H2,1H3,(H,23,24)/t15-,16?,17?,18?,22?/m0/s1. The number of nitrogens with one attached hydrogen (secondary N) is 1. The minimum Gasteiger partial charge on any atom is -0.456 e. The van der Waals surface area contributed by atoms with Gasteiger partial charge in [0.1, 0.15) is 0 Å². The van der Waals surface area contributed by atoms with E-state index in [1.54, 1.807) is 0 Å². The van der Waals surface area contributed by atoms with Gasteiger partial charge in [-0.1, -0.05) is 37.3 Å². The van der Waals surface area contributed by atoms with Crippen LogP contribution in [0, 0.1) is 17.8 Å². The SMILES string of the molecule is C[C@@H](CC(=O)OCC(=O)NC12CC3CC(CC(C3)C1)C2)c1ccccc1. The van der Waals surface area contributed by atoms with E-state index in [0.717, 1.165) is 42.6 Å². The molecule has 5 rings (SSSR count). The lowest BCUT2D eigenvalue weighted by Crippen LogP contribution is -2.60. The van der Waals surface area contributed by atoms with Crippen LogP contribution < -0.4 is 5.32 Å². The number of ether oxygens (including phenoxy) is 1. The third-order valence-corrected chi connectivity index (χ3v) is 6.65. The second kappa shape index (κ2) is 7.05. The van der Waals surface area contributed by atoms with E-state index in [1.165, 1.54) is 19.3 Å². The van der Waals surface area contributed by atoms with Gasteiger partial charge < -0.3 is 10.1 Å². The Balaban J connectivity index is 1.25. The molecule has 26 heavy (non-hydrogen) atoms. The molecule has 4 saturated carbocycles. The minimum atomic E-state index is -0.304. The Hall–Kier alpha value is -1.84. The van der Waals surface area contributed by atoms with Gasteiger partial charge in [0, 0.05) is 5.54 Å². The van der Waals surface area contributed by atoms with Gasteiger partial charge in [-0.25, -0.2) is 0 Å². The summed E-state index contributed by atoms with van der Waals surface area (Å²) in [6.45, 7) is 1.86. The van der Waals surface area contributed by atoms with Crippen LogP contribution in [-0.2, 0) is 14.3 Å². The molecule has 1 atom stereocenters. The van der Waals surface area contributed by atoms with E-state index >= 15 is 0 Å². The first-order valence-corrected chi connectivity index (χ1v) is 10.0.